The highest BCUT2D eigenvalue weighted by Crippen LogP contribution is 2.26. The smallest absolute Gasteiger partial charge is 0.179 e. The number of benzene rings is 1. The molecule has 0 saturated carbocycles. The first-order valence-corrected chi connectivity index (χ1v) is 5.27. The summed E-state index contributed by atoms with van der Waals surface area (Å²) < 4.78 is 7.81. The van der Waals surface area contributed by atoms with Gasteiger partial charge in [0.2, 0.25) is 0 Å². The van der Waals surface area contributed by atoms with Gasteiger partial charge >= 0.3 is 0 Å². The van der Waals surface area contributed by atoms with Crippen LogP contribution >= 0.6 is 0 Å². The van der Waals surface area contributed by atoms with E-state index in [9.17, 15) is 0 Å². The molecule has 0 aliphatic heterocycles. The summed E-state index contributed by atoms with van der Waals surface area (Å²) in [5.41, 5.74) is 2.03. The van der Waals surface area contributed by atoms with E-state index in [1.54, 1.807) is 0 Å². The number of rotatable bonds is 1. The van der Waals surface area contributed by atoms with E-state index in [4.69, 9.17) is 4.42 Å². The Morgan fingerprint density at radius 3 is 2.65 bits per heavy atom. The SMILES string of the molecule is C[n+]1cccc(-c2cc3ccccc3o2)c1.[I-]. The molecule has 86 valence electrons. The van der Waals surface area contributed by atoms with E-state index in [2.05, 4.69) is 24.4 Å². The van der Waals surface area contributed by atoms with Gasteiger partial charge in [0.1, 0.15) is 18.4 Å². The molecule has 0 atom stereocenters. The highest BCUT2D eigenvalue weighted by molar-refractivity contribution is 5.82. The van der Waals surface area contributed by atoms with Crippen molar-refractivity contribution in [2.45, 2.75) is 0 Å². The molecule has 0 amide bonds. The van der Waals surface area contributed by atoms with Crippen LogP contribution in [0, 0.1) is 0 Å². The number of halogens is 1. The van der Waals surface area contributed by atoms with Crippen LogP contribution in [0.1, 0.15) is 0 Å². The van der Waals surface area contributed by atoms with E-state index in [1.807, 2.05) is 42.1 Å². The van der Waals surface area contributed by atoms with Crippen molar-refractivity contribution < 1.29 is 33.0 Å². The molecule has 2 heterocycles. The summed E-state index contributed by atoms with van der Waals surface area (Å²) in [5, 5.41) is 1.14. The highest BCUT2D eigenvalue weighted by Gasteiger charge is 2.07. The summed E-state index contributed by atoms with van der Waals surface area (Å²) in [6.07, 6.45) is 4.06. The molecule has 0 aliphatic carbocycles. The Bertz CT molecular complexity index is 612. The number of pyridine rings is 1. The molecule has 3 aromatic rings. The molecule has 0 aliphatic rings. The summed E-state index contributed by atoms with van der Waals surface area (Å²) in [5.74, 6) is 0.914. The van der Waals surface area contributed by atoms with Crippen molar-refractivity contribution in [3.05, 3.63) is 54.9 Å². The van der Waals surface area contributed by atoms with E-state index in [0.29, 0.717) is 0 Å². The number of aryl methyl sites for hydroxylation is 1. The molecule has 0 unspecified atom stereocenters. The Morgan fingerprint density at radius 1 is 1.06 bits per heavy atom. The Morgan fingerprint density at radius 2 is 1.88 bits per heavy atom. The predicted octanol–water partition coefficient (Wildman–Crippen LogP) is -0.0717. The van der Waals surface area contributed by atoms with Gasteiger partial charge in [-0.1, -0.05) is 18.2 Å². The molecule has 17 heavy (non-hydrogen) atoms. The molecule has 0 bridgehead atoms. The van der Waals surface area contributed by atoms with Crippen LogP contribution in [-0.4, -0.2) is 0 Å². The lowest BCUT2D eigenvalue weighted by Gasteiger charge is -1.92. The van der Waals surface area contributed by atoms with E-state index in [1.165, 1.54) is 0 Å². The van der Waals surface area contributed by atoms with Crippen molar-refractivity contribution in [1.82, 2.24) is 0 Å². The summed E-state index contributed by atoms with van der Waals surface area (Å²) in [4.78, 5) is 0. The van der Waals surface area contributed by atoms with Crippen LogP contribution in [0.4, 0.5) is 0 Å². The predicted molar refractivity (Wildman–Crippen MR) is 62.8 cm³/mol. The zero-order chi connectivity index (χ0) is 11.0. The van der Waals surface area contributed by atoms with Gasteiger partial charge in [0, 0.05) is 11.5 Å². The van der Waals surface area contributed by atoms with Crippen LogP contribution in [0.15, 0.2) is 59.3 Å². The van der Waals surface area contributed by atoms with Gasteiger partial charge in [0.25, 0.3) is 0 Å². The lowest BCUT2D eigenvalue weighted by atomic mass is 10.2. The number of furan rings is 1. The van der Waals surface area contributed by atoms with Crippen molar-refractivity contribution in [1.29, 1.82) is 0 Å². The minimum Gasteiger partial charge on any atom is -1.00 e. The van der Waals surface area contributed by atoms with Crippen molar-refractivity contribution in [3.63, 3.8) is 0 Å². The van der Waals surface area contributed by atoms with Gasteiger partial charge < -0.3 is 28.4 Å². The third-order valence-electron chi connectivity index (χ3n) is 2.65. The second kappa shape index (κ2) is 4.87. The Hall–Kier alpha value is -1.36. The maximum Gasteiger partial charge on any atom is 0.179 e. The largest absolute Gasteiger partial charge is 1.00 e. The standard InChI is InChI=1S/C14H12NO.HI/c1-15-8-4-6-12(10-15)14-9-11-5-2-3-7-13(11)16-14;/h2-10H,1H3;1H/q+1;/p-1. The van der Waals surface area contributed by atoms with E-state index < -0.39 is 0 Å². The third kappa shape index (κ3) is 2.34. The quantitative estimate of drug-likeness (QED) is 0.449. The highest BCUT2D eigenvalue weighted by atomic mass is 127. The molecule has 0 radical (unpaired) electrons. The Balaban J connectivity index is 0.00000108. The molecule has 0 N–H and O–H groups in total. The number of aromatic nitrogens is 1. The van der Waals surface area contributed by atoms with Crippen molar-refractivity contribution in [3.8, 4) is 11.3 Å². The first kappa shape index (κ1) is 12.1. The van der Waals surface area contributed by atoms with E-state index >= 15 is 0 Å². The second-order valence-corrected chi connectivity index (χ2v) is 3.91. The molecule has 2 nitrogen and oxygen atoms in total. The molecular weight excluding hydrogens is 325 g/mol. The molecule has 0 saturated heterocycles. The van der Waals surface area contributed by atoms with Crippen LogP contribution in [0.2, 0.25) is 0 Å². The molecule has 0 fully saturated rings. The number of hydrogen-bond donors (Lipinski definition) is 0. The number of nitrogens with zero attached hydrogens (tertiary/aromatic N) is 1. The van der Waals surface area contributed by atoms with Gasteiger partial charge in [0.05, 0.1) is 5.56 Å². The molecule has 1 aromatic carbocycles. The van der Waals surface area contributed by atoms with Gasteiger partial charge in [-0.3, -0.25) is 0 Å². The summed E-state index contributed by atoms with van der Waals surface area (Å²) >= 11 is 0. The molecule has 3 rings (SSSR count). The van der Waals surface area contributed by atoms with Gasteiger partial charge in [0.15, 0.2) is 12.4 Å². The third-order valence-corrected chi connectivity index (χ3v) is 2.65. The lowest BCUT2D eigenvalue weighted by molar-refractivity contribution is -0.671. The fourth-order valence-corrected chi connectivity index (χ4v) is 1.86. The maximum absolute atomic E-state index is 5.80. The summed E-state index contributed by atoms with van der Waals surface area (Å²) in [6, 6.07) is 14.2. The first-order valence-electron chi connectivity index (χ1n) is 5.27. The number of para-hydroxylation sites is 1. The van der Waals surface area contributed by atoms with Gasteiger partial charge in [-0.05, 0) is 18.2 Å². The summed E-state index contributed by atoms with van der Waals surface area (Å²) in [6.45, 7) is 0. The van der Waals surface area contributed by atoms with Crippen LogP contribution < -0.4 is 28.5 Å². The normalized spacial score (nSPS) is 10.2. The fourth-order valence-electron chi connectivity index (χ4n) is 1.86. The molecule has 0 spiro atoms. The van der Waals surface area contributed by atoms with Gasteiger partial charge in [-0.15, -0.1) is 0 Å². The van der Waals surface area contributed by atoms with E-state index in [0.717, 1.165) is 22.3 Å². The van der Waals surface area contributed by atoms with Crippen molar-refractivity contribution in [2.24, 2.45) is 7.05 Å². The van der Waals surface area contributed by atoms with Crippen LogP contribution in [0.25, 0.3) is 22.3 Å². The number of hydrogen-bond acceptors (Lipinski definition) is 1. The van der Waals surface area contributed by atoms with Crippen molar-refractivity contribution in [2.75, 3.05) is 0 Å². The van der Waals surface area contributed by atoms with Gasteiger partial charge in [-0.25, -0.2) is 4.57 Å². The fraction of sp³-hybridized carbons (Fsp3) is 0.0714. The van der Waals surface area contributed by atoms with E-state index in [-0.39, 0.29) is 24.0 Å². The summed E-state index contributed by atoms with van der Waals surface area (Å²) in [7, 11) is 2.01. The zero-order valence-electron chi connectivity index (χ0n) is 9.43. The minimum absolute atomic E-state index is 0. The molecule has 3 heteroatoms. The molecule has 2 aromatic heterocycles. The van der Waals surface area contributed by atoms with Crippen molar-refractivity contribution >= 4 is 11.0 Å². The second-order valence-electron chi connectivity index (χ2n) is 3.91. The zero-order valence-corrected chi connectivity index (χ0v) is 11.6. The van der Waals surface area contributed by atoms with Crippen LogP contribution in [-0.2, 0) is 7.05 Å². The average Bonchev–Trinajstić information content (AvgIpc) is 2.72. The van der Waals surface area contributed by atoms with Gasteiger partial charge in [-0.2, -0.15) is 0 Å². The maximum atomic E-state index is 5.80. The monoisotopic (exact) mass is 337 g/mol. The molecular formula is C14H12INO. The lowest BCUT2D eigenvalue weighted by Crippen LogP contribution is -3.00. The first-order chi connectivity index (χ1) is 7.83. The topological polar surface area (TPSA) is 17.0 Å². The number of fused-ring (bicyclic) bond motifs is 1. The van der Waals surface area contributed by atoms with Crippen LogP contribution in [0.3, 0.4) is 0 Å². The Kier molecular flexibility index (Phi) is 3.47. The average molecular weight is 337 g/mol. The Labute approximate surface area is 117 Å². The van der Waals surface area contributed by atoms with Crippen LogP contribution in [0.5, 0.6) is 0 Å². The minimum atomic E-state index is 0.